The van der Waals surface area contributed by atoms with Crippen LogP contribution < -0.4 is 10.6 Å². The molecule has 0 amide bonds. The first-order chi connectivity index (χ1) is 9.54. The Hall–Kier alpha value is -1.14. The Kier molecular flexibility index (Phi) is 4.99. The highest BCUT2D eigenvalue weighted by atomic mass is 79.9. The van der Waals surface area contributed by atoms with Gasteiger partial charge in [-0.25, -0.2) is 4.79 Å². The predicted molar refractivity (Wildman–Crippen MR) is 87.0 cm³/mol. The summed E-state index contributed by atoms with van der Waals surface area (Å²) < 4.78 is 5.98. The van der Waals surface area contributed by atoms with E-state index in [1.165, 1.54) is 0 Å². The van der Waals surface area contributed by atoms with Gasteiger partial charge in [-0.2, -0.15) is 0 Å². The standard InChI is InChI=1S/C14H17BrN2O2S/c1-2-19-14(18)12-4-3-7-17(12)9-5-6-10(13(16)20)11(15)8-9/h5-6,8,12H,2-4,7H2,1H3,(H2,16,20). The lowest BCUT2D eigenvalue weighted by Crippen LogP contribution is -2.37. The second kappa shape index (κ2) is 6.54. The molecule has 1 atom stereocenters. The van der Waals surface area contributed by atoms with Crippen molar-refractivity contribution in [1.82, 2.24) is 0 Å². The number of carbonyl (C=O) groups is 1. The van der Waals surface area contributed by atoms with Gasteiger partial charge in [0.2, 0.25) is 0 Å². The van der Waals surface area contributed by atoms with Crippen LogP contribution in [0.4, 0.5) is 5.69 Å². The molecule has 0 aromatic heterocycles. The molecule has 1 aliphatic heterocycles. The summed E-state index contributed by atoms with van der Waals surface area (Å²) >= 11 is 8.46. The van der Waals surface area contributed by atoms with E-state index in [2.05, 4.69) is 20.8 Å². The highest BCUT2D eigenvalue weighted by molar-refractivity contribution is 9.10. The molecule has 0 saturated carbocycles. The molecule has 1 aromatic rings. The number of ether oxygens (including phenoxy) is 1. The first kappa shape index (κ1) is 15.3. The second-order valence-corrected chi connectivity index (χ2v) is 5.93. The molecule has 0 radical (unpaired) electrons. The molecule has 4 nitrogen and oxygen atoms in total. The van der Waals surface area contributed by atoms with Gasteiger partial charge in [0.1, 0.15) is 11.0 Å². The van der Waals surface area contributed by atoms with Crippen LogP contribution in [-0.2, 0) is 9.53 Å². The summed E-state index contributed by atoms with van der Waals surface area (Å²) in [6.07, 6.45) is 1.81. The third-order valence-electron chi connectivity index (χ3n) is 3.36. The molecule has 2 N–H and O–H groups in total. The molecule has 1 unspecified atom stereocenters. The molecule has 108 valence electrons. The average molecular weight is 357 g/mol. The number of hydrogen-bond acceptors (Lipinski definition) is 4. The first-order valence-electron chi connectivity index (χ1n) is 6.57. The molecule has 6 heteroatoms. The quantitative estimate of drug-likeness (QED) is 0.663. The normalized spacial score (nSPS) is 18.1. The third-order valence-corrected chi connectivity index (χ3v) is 4.24. The zero-order chi connectivity index (χ0) is 14.7. The number of halogens is 1. The Morgan fingerprint density at radius 1 is 1.60 bits per heavy atom. The summed E-state index contributed by atoms with van der Waals surface area (Å²) in [4.78, 5) is 14.4. The van der Waals surface area contributed by atoms with Gasteiger partial charge in [-0.05, 0) is 53.9 Å². The van der Waals surface area contributed by atoms with Crippen molar-refractivity contribution in [3.8, 4) is 0 Å². The van der Waals surface area contributed by atoms with E-state index in [0.717, 1.165) is 35.1 Å². The second-order valence-electron chi connectivity index (χ2n) is 4.63. The molecule has 0 spiro atoms. The summed E-state index contributed by atoms with van der Waals surface area (Å²) in [5.41, 5.74) is 7.43. The van der Waals surface area contributed by atoms with Crippen molar-refractivity contribution in [3.05, 3.63) is 28.2 Å². The third kappa shape index (κ3) is 3.12. The van der Waals surface area contributed by atoms with Gasteiger partial charge in [0.25, 0.3) is 0 Å². The maximum absolute atomic E-state index is 12.0. The van der Waals surface area contributed by atoms with E-state index in [0.29, 0.717) is 11.6 Å². The smallest absolute Gasteiger partial charge is 0.328 e. The predicted octanol–water partition coefficient (Wildman–Crippen LogP) is 2.62. The van der Waals surface area contributed by atoms with E-state index in [1.807, 2.05) is 25.1 Å². The van der Waals surface area contributed by atoms with E-state index in [1.54, 1.807) is 0 Å². The lowest BCUT2D eigenvalue weighted by Gasteiger charge is -2.25. The molecule has 0 aliphatic carbocycles. The van der Waals surface area contributed by atoms with Crippen molar-refractivity contribution in [1.29, 1.82) is 0 Å². The number of rotatable bonds is 4. The summed E-state index contributed by atoms with van der Waals surface area (Å²) in [5.74, 6) is -0.153. The molecular weight excluding hydrogens is 340 g/mol. The number of hydrogen-bond donors (Lipinski definition) is 1. The van der Waals surface area contributed by atoms with Crippen molar-refractivity contribution in [2.75, 3.05) is 18.1 Å². The van der Waals surface area contributed by atoms with E-state index < -0.39 is 0 Å². The molecule has 0 bridgehead atoms. The van der Waals surface area contributed by atoms with E-state index in [4.69, 9.17) is 22.7 Å². The Morgan fingerprint density at radius 2 is 2.35 bits per heavy atom. The average Bonchev–Trinajstić information content (AvgIpc) is 2.87. The van der Waals surface area contributed by atoms with Gasteiger partial charge in [0.05, 0.1) is 6.61 Å². The fraction of sp³-hybridized carbons (Fsp3) is 0.429. The molecule has 1 fully saturated rings. The molecule has 1 heterocycles. The highest BCUT2D eigenvalue weighted by Gasteiger charge is 2.32. The Bertz CT molecular complexity index is 536. The van der Waals surface area contributed by atoms with Crippen LogP contribution in [0, 0.1) is 0 Å². The molecule has 2 rings (SSSR count). The Morgan fingerprint density at radius 3 is 2.95 bits per heavy atom. The monoisotopic (exact) mass is 356 g/mol. The number of esters is 1. The van der Waals surface area contributed by atoms with Crippen LogP contribution in [0.15, 0.2) is 22.7 Å². The lowest BCUT2D eigenvalue weighted by molar-refractivity contribution is -0.144. The zero-order valence-corrected chi connectivity index (χ0v) is 13.7. The largest absolute Gasteiger partial charge is 0.464 e. The molecule has 1 aromatic carbocycles. The molecule has 1 aliphatic rings. The van der Waals surface area contributed by atoms with Crippen molar-refractivity contribution < 1.29 is 9.53 Å². The Labute approximate surface area is 132 Å². The Balaban J connectivity index is 2.24. The van der Waals surface area contributed by atoms with Gasteiger partial charge in [-0.3, -0.25) is 0 Å². The maximum atomic E-state index is 12.0. The summed E-state index contributed by atoms with van der Waals surface area (Å²) in [6, 6.07) is 5.57. The number of nitrogens with two attached hydrogens (primary N) is 1. The number of thiocarbonyl (C=S) groups is 1. The van der Waals surface area contributed by atoms with Crippen LogP contribution in [0.5, 0.6) is 0 Å². The van der Waals surface area contributed by atoms with Crippen LogP contribution in [0.1, 0.15) is 25.3 Å². The van der Waals surface area contributed by atoms with Crippen molar-refractivity contribution in [2.45, 2.75) is 25.8 Å². The molecule has 1 saturated heterocycles. The van der Waals surface area contributed by atoms with Gasteiger partial charge in [0.15, 0.2) is 0 Å². The van der Waals surface area contributed by atoms with Crippen molar-refractivity contribution >= 4 is 44.8 Å². The molecule has 20 heavy (non-hydrogen) atoms. The van der Waals surface area contributed by atoms with Crippen LogP contribution in [0.3, 0.4) is 0 Å². The van der Waals surface area contributed by atoms with Gasteiger partial charge >= 0.3 is 5.97 Å². The number of carbonyl (C=O) groups excluding carboxylic acids is 1. The summed E-state index contributed by atoms with van der Waals surface area (Å²) in [5, 5.41) is 0. The van der Waals surface area contributed by atoms with Crippen LogP contribution in [-0.4, -0.2) is 30.2 Å². The minimum atomic E-state index is -0.197. The summed E-state index contributed by atoms with van der Waals surface area (Å²) in [7, 11) is 0. The van der Waals surface area contributed by atoms with Gasteiger partial charge in [0, 0.05) is 22.3 Å². The van der Waals surface area contributed by atoms with Crippen LogP contribution in [0.25, 0.3) is 0 Å². The highest BCUT2D eigenvalue weighted by Crippen LogP contribution is 2.30. The van der Waals surface area contributed by atoms with Crippen molar-refractivity contribution in [2.24, 2.45) is 5.73 Å². The van der Waals surface area contributed by atoms with E-state index in [9.17, 15) is 4.79 Å². The summed E-state index contributed by atoms with van der Waals surface area (Å²) in [6.45, 7) is 3.08. The first-order valence-corrected chi connectivity index (χ1v) is 7.77. The minimum Gasteiger partial charge on any atom is -0.464 e. The van der Waals surface area contributed by atoms with E-state index >= 15 is 0 Å². The van der Waals surface area contributed by atoms with Crippen LogP contribution >= 0.6 is 28.1 Å². The van der Waals surface area contributed by atoms with Gasteiger partial charge in [-0.1, -0.05) is 12.2 Å². The number of nitrogens with zero attached hydrogens (tertiary/aromatic N) is 1. The van der Waals surface area contributed by atoms with Gasteiger partial charge < -0.3 is 15.4 Å². The fourth-order valence-corrected chi connectivity index (χ4v) is 3.33. The number of anilines is 1. The van der Waals surface area contributed by atoms with Gasteiger partial charge in [-0.15, -0.1) is 0 Å². The molecular formula is C14H17BrN2O2S. The van der Waals surface area contributed by atoms with E-state index in [-0.39, 0.29) is 12.0 Å². The van der Waals surface area contributed by atoms with Crippen LogP contribution in [0.2, 0.25) is 0 Å². The maximum Gasteiger partial charge on any atom is 0.328 e. The fourth-order valence-electron chi connectivity index (χ4n) is 2.44. The number of benzene rings is 1. The SMILES string of the molecule is CCOC(=O)C1CCCN1c1ccc(C(N)=S)c(Br)c1. The zero-order valence-electron chi connectivity index (χ0n) is 11.3. The topological polar surface area (TPSA) is 55.6 Å². The lowest BCUT2D eigenvalue weighted by atomic mass is 10.1. The minimum absolute atomic E-state index is 0.153. The van der Waals surface area contributed by atoms with Crippen molar-refractivity contribution in [3.63, 3.8) is 0 Å².